The van der Waals surface area contributed by atoms with Crippen LogP contribution in [0.25, 0.3) is 0 Å². The van der Waals surface area contributed by atoms with Crippen LogP contribution in [0.15, 0.2) is 47.1 Å². The molecule has 0 saturated carbocycles. The Morgan fingerprint density at radius 1 is 1.29 bits per heavy atom. The highest BCUT2D eigenvalue weighted by Gasteiger charge is 2.11. The van der Waals surface area contributed by atoms with E-state index in [2.05, 4.69) is 20.9 Å². The Balaban J connectivity index is 2.21. The van der Waals surface area contributed by atoms with Gasteiger partial charge in [0.15, 0.2) is 5.78 Å². The lowest BCUT2D eigenvalue weighted by atomic mass is 10.1. The molecule has 0 N–H and O–H groups in total. The van der Waals surface area contributed by atoms with Gasteiger partial charge in [-0.3, -0.25) is 9.78 Å². The number of carbonyl (C=O) groups is 1. The molecule has 17 heavy (non-hydrogen) atoms. The minimum atomic E-state index is -0.369. The van der Waals surface area contributed by atoms with Gasteiger partial charge in [-0.1, -0.05) is 6.07 Å². The van der Waals surface area contributed by atoms with Crippen molar-refractivity contribution in [2.75, 3.05) is 0 Å². The van der Waals surface area contributed by atoms with Crippen molar-refractivity contribution in [2.24, 2.45) is 0 Å². The molecule has 0 radical (unpaired) electrons. The van der Waals surface area contributed by atoms with E-state index in [-0.39, 0.29) is 18.0 Å². The minimum Gasteiger partial charge on any atom is -0.294 e. The molecule has 4 heteroatoms. The van der Waals surface area contributed by atoms with Gasteiger partial charge in [-0.15, -0.1) is 0 Å². The summed E-state index contributed by atoms with van der Waals surface area (Å²) < 4.78 is 13.4. The van der Waals surface area contributed by atoms with Crippen molar-refractivity contribution in [1.82, 2.24) is 4.98 Å². The normalized spacial score (nSPS) is 10.2. The summed E-state index contributed by atoms with van der Waals surface area (Å²) in [5.41, 5.74) is 1.17. The van der Waals surface area contributed by atoms with Crippen LogP contribution in [0.4, 0.5) is 4.39 Å². The lowest BCUT2D eigenvalue weighted by Gasteiger charge is -2.03. The summed E-state index contributed by atoms with van der Waals surface area (Å²) in [5.74, 6) is -0.457. The maximum atomic E-state index is 12.9. The number of hydrogen-bond donors (Lipinski definition) is 0. The average molecular weight is 294 g/mol. The molecule has 0 fully saturated rings. The molecular weight excluding hydrogens is 285 g/mol. The molecule has 0 bridgehead atoms. The highest BCUT2D eigenvalue weighted by atomic mass is 79.9. The molecule has 1 heterocycles. The second-order valence-electron chi connectivity index (χ2n) is 3.55. The molecule has 86 valence electrons. The zero-order chi connectivity index (χ0) is 12.3. The largest absolute Gasteiger partial charge is 0.294 e. The number of carbonyl (C=O) groups excluding carboxylic acids is 1. The first kappa shape index (κ1) is 11.9. The molecule has 0 aliphatic carbocycles. The van der Waals surface area contributed by atoms with E-state index >= 15 is 0 Å². The van der Waals surface area contributed by atoms with E-state index < -0.39 is 0 Å². The molecule has 2 aromatic rings. The molecular formula is C13H9BrFNO. The molecule has 1 aromatic heterocycles. The quantitative estimate of drug-likeness (QED) is 0.812. The Kier molecular flexibility index (Phi) is 3.64. The third-order valence-electron chi connectivity index (χ3n) is 2.30. The van der Waals surface area contributed by atoms with E-state index in [1.54, 1.807) is 18.3 Å². The van der Waals surface area contributed by atoms with Crippen molar-refractivity contribution in [3.05, 3.63) is 64.1 Å². The number of ketones is 1. The summed E-state index contributed by atoms with van der Waals surface area (Å²) in [5, 5.41) is 0. The first-order chi connectivity index (χ1) is 8.16. The van der Waals surface area contributed by atoms with Crippen LogP contribution in [0, 0.1) is 5.82 Å². The highest BCUT2D eigenvalue weighted by molar-refractivity contribution is 9.10. The molecule has 0 spiro atoms. The molecule has 0 aliphatic rings. The molecule has 0 atom stereocenters. The van der Waals surface area contributed by atoms with Gasteiger partial charge in [0.1, 0.15) is 5.82 Å². The van der Waals surface area contributed by atoms with Crippen molar-refractivity contribution < 1.29 is 9.18 Å². The van der Waals surface area contributed by atoms with Crippen LogP contribution in [-0.2, 0) is 6.42 Å². The Hall–Kier alpha value is -1.55. The summed E-state index contributed by atoms with van der Waals surface area (Å²) in [6.45, 7) is 0. The average Bonchev–Trinajstić information content (AvgIpc) is 2.30. The molecule has 2 rings (SSSR count). The van der Waals surface area contributed by atoms with Crippen LogP contribution in [0.1, 0.15) is 16.1 Å². The van der Waals surface area contributed by atoms with Crippen LogP contribution in [0.2, 0.25) is 0 Å². The second kappa shape index (κ2) is 5.19. The number of nitrogens with zero attached hydrogens (tertiary/aromatic N) is 1. The van der Waals surface area contributed by atoms with Gasteiger partial charge in [0.25, 0.3) is 0 Å². The van der Waals surface area contributed by atoms with Crippen LogP contribution in [0.3, 0.4) is 0 Å². The van der Waals surface area contributed by atoms with E-state index in [0.29, 0.717) is 15.7 Å². The highest BCUT2D eigenvalue weighted by Crippen LogP contribution is 2.19. The van der Waals surface area contributed by atoms with Crippen LogP contribution < -0.4 is 0 Å². The van der Waals surface area contributed by atoms with Crippen molar-refractivity contribution >= 4 is 21.7 Å². The smallest absolute Gasteiger partial charge is 0.169 e. The Morgan fingerprint density at radius 3 is 2.76 bits per heavy atom. The summed E-state index contributed by atoms with van der Waals surface area (Å²) in [7, 11) is 0. The van der Waals surface area contributed by atoms with E-state index in [1.165, 1.54) is 18.2 Å². The van der Waals surface area contributed by atoms with Crippen molar-refractivity contribution in [1.29, 1.82) is 0 Å². The number of rotatable bonds is 3. The summed E-state index contributed by atoms with van der Waals surface area (Å²) >= 11 is 3.18. The van der Waals surface area contributed by atoms with E-state index in [4.69, 9.17) is 0 Å². The zero-order valence-electron chi connectivity index (χ0n) is 8.86. The maximum Gasteiger partial charge on any atom is 0.169 e. The van der Waals surface area contributed by atoms with E-state index in [0.717, 1.165) is 0 Å². The predicted molar refractivity (Wildman–Crippen MR) is 66.4 cm³/mol. The van der Waals surface area contributed by atoms with E-state index in [1.807, 2.05) is 6.07 Å². The van der Waals surface area contributed by atoms with Gasteiger partial charge < -0.3 is 0 Å². The van der Waals surface area contributed by atoms with Gasteiger partial charge in [0.2, 0.25) is 0 Å². The SMILES string of the molecule is O=C(Cc1ccccn1)c1ccc(F)cc1Br. The minimum absolute atomic E-state index is 0.0874. The summed E-state index contributed by atoms with van der Waals surface area (Å²) in [6, 6.07) is 9.44. The van der Waals surface area contributed by atoms with Crippen molar-refractivity contribution in [2.45, 2.75) is 6.42 Å². The van der Waals surface area contributed by atoms with Crippen molar-refractivity contribution in [3.8, 4) is 0 Å². The van der Waals surface area contributed by atoms with Gasteiger partial charge in [-0.05, 0) is 46.3 Å². The molecule has 0 unspecified atom stereocenters. The molecule has 0 amide bonds. The Bertz CT molecular complexity index is 542. The fourth-order valence-corrected chi connectivity index (χ4v) is 2.05. The fourth-order valence-electron chi connectivity index (χ4n) is 1.48. The number of halogens is 2. The fraction of sp³-hybridized carbons (Fsp3) is 0.0769. The molecule has 0 saturated heterocycles. The monoisotopic (exact) mass is 293 g/mol. The van der Waals surface area contributed by atoms with Crippen LogP contribution in [-0.4, -0.2) is 10.8 Å². The lowest BCUT2D eigenvalue weighted by molar-refractivity contribution is 0.0991. The first-order valence-corrected chi connectivity index (χ1v) is 5.84. The zero-order valence-corrected chi connectivity index (χ0v) is 10.4. The lowest BCUT2D eigenvalue weighted by Crippen LogP contribution is -2.05. The van der Waals surface area contributed by atoms with E-state index in [9.17, 15) is 9.18 Å². The first-order valence-electron chi connectivity index (χ1n) is 5.05. The molecule has 2 nitrogen and oxygen atoms in total. The number of Topliss-reactive ketones (excluding diaryl/α,β-unsaturated/α-hetero) is 1. The van der Waals surface area contributed by atoms with Crippen molar-refractivity contribution in [3.63, 3.8) is 0 Å². The summed E-state index contributed by atoms with van der Waals surface area (Å²) in [4.78, 5) is 16.0. The molecule has 1 aromatic carbocycles. The summed E-state index contributed by atoms with van der Waals surface area (Å²) in [6.07, 6.45) is 1.85. The Morgan fingerprint density at radius 2 is 2.12 bits per heavy atom. The van der Waals surface area contributed by atoms with Gasteiger partial charge in [-0.25, -0.2) is 4.39 Å². The van der Waals surface area contributed by atoms with Gasteiger partial charge in [0, 0.05) is 21.9 Å². The number of aromatic nitrogens is 1. The number of benzene rings is 1. The van der Waals surface area contributed by atoms with Gasteiger partial charge in [0.05, 0.1) is 6.42 Å². The van der Waals surface area contributed by atoms with Gasteiger partial charge in [-0.2, -0.15) is 0 Å². The van der Waals surface area contributed by atoms with Gasteiger partial charge >= 0.3 is 0 Å². The maximum absolute atomic E-state index is 12.9. The third-order valence-corrected chi connectivity index (χ3v) is 2.96. The third kappa shape index (κ3) is 2.97. The number of hydrogen-bond acceptors (Lipinski definition) is 2. The predicted octanol–water partition coefficient (Wildman–Crippen LogP) is 3.41. The molecule has 0 aliphatic heterocycles. The van der Waals surface area contributed by atoms with Crippen LogP contribution in [0.5, 0.6) is 0 Å². The standard InChI is InChI=1S/C13H9BrFNO/c14-12-7-9(15)4-5-11(12)13(17)8-10-3-1-2-6-16-10/h1-7H,8H2. The Labute approximate surface area is 107 Å². The number of pyridine rings is 1. The topological polar surface area (TPSA) is 30.0 Å². The second-order valence-corrected chi connectivity index (χ2v) is 4.40. The van der Waals surface area contributed by atoms with Crippen LogP contribution >= 0.6 is 15.9 Å².